The van der Waals surface area contributed by atoms with Crippen LogP contribution in [0.2, 0.25) is 0 Å². The number of halogens is 1. The number of carbonyl (C=O) groups excluding carboxylic acids is 1. The molecule has 35 heavy (non-hydrogen) atoms. The van der Waals surface area contributed by atoms with Crippen LogP contribution >= 0.6 is 27.3 Å². The van der Waals surface area contributed by atoms with Crippen molar-refractivity contribution in [3.05, 3.63) is 40.4 Å². The Kier molecular flexibility index (Phi) is 10.2. The van der Waals surface area contributed by atoms with Gasteiger partial charge in [-0.05, 0) is 64.2 Å². The molecule has 0 aliphatic heterocycles. The van der Waals surface area contributed by atoms with E-state index in [0.29, 0.717) is 54.3 Å². The van der Waals surface area contributed by atoms with Crippen LogP contribution in [0.25, 0.3) is 10.2 Å². The molecule has 0 saturated heterocycles. The van der Waals surface area contributed by atoms with Gasteiger partial charge >= 0.3 is 0 Å². The lowest BCUT2D eigenvalue weighted by Crippen LogP contribution is -2.38. The molecule has 1 aromatic heterocycles. The third-order valence-corrected chi connectivity index (χ3v) is 7.04. The van der Waals surface area contributed by atoms with E-state index in [-0.39, 0.29) is 5.91 Å². The number of anilines is 1. The van der Waals surface area contributed by atoms with Crippen molar-refractivity contribution < 1.29 is 19.0 Å². The van der Waals surface area contributed by atoms with E-state index in [1.54, 1.807) is 17.0 Å². The predicted octanol–water partition coefficient (Wildman–Crippen LogP) is 6.24. The highest BCUT2D eigenvalue weighted by atomic mass is 79.9. The normalized spacial score (nSPS) is 11.2. The van der Waals surface area contributed by atoms with Crippen LogP contribution in [0.1, 0.15) is 45.0 Å². The number of hydrogen-bond donors (Lipinski definition) is 0. The van der Waals surface area contributed by atoms with Crippen LogP contribution in [0.4, 0.5) is 5.13 Å². The minimum atomic E-state index is -0.153. The molecule has 0 spiro atoms. The van der Waals surface area contributed by atoms with Gasteiger partial charge < -0.3 is 19.1 Å². The molecule has 0 atom stereocenters. The van der Waals surface area contributed by atoms with Gasteiger partial charge in [-0.25, -0.2) is 4.98 Å². The van der Waals surface area contributed by atoms with E-state index in [1.165, 1.54) is 11.3 Å². The zero-order valence-electron chi connectivity index (χ0n) is 21.1. The second kappa shape index (κ2) is 13.1. The number of carbonyl (C=O) groups is 1. The van der Waals surface area contributed by atoms with Gasteiger partial charge in [-0.3, -0.25) is 9.69 Å². The standard InChI is InChI=1S/C26H34BrN3O4S/c1-6-29(7-2)13-14-30(26-28-20-12-11-19(27)17-23(20)35-26)25(31)18-15-21(32-8-3)24(34-10-5)22(16-18)33-9-4/h11-12,15-17H,6-10,13-14H2,1-5H3. The molecule has 7 nitrogen and oxygen atoms in total. The minimum absolute atomic E-state index is 0.153. The van der Waals surface area contributed by atoms with E-state index in [2.05, 4.69) is 34.7 Å². The fourth-order valence-electron chi connectivity index (χ4n) is 3.74. The van der Waals surface area contributed by atoms with Gasteiger partial charge in [0.15, 0.2) is 16.6 Å². The summed E-state index contributed by atoms with van der Waals surface area (Å²) in [6, 6.07) is 9.44. The number of fused-ring (bicyclic) bond motifs is 1. The number of aromatic nitrogens is 1. The van der Waals surface area contributed by atoms with Gasteiger partial charge in [0.05, 0.1) is 30.0 Å². The Morgan fingerprint density at radius 3 is 2.11 bits per heavy atom. The van der Waals surface area contributed by atoms with Crippen LogP contribution in [0.3, 0.4) is 0 Å². The van der Waals surface area contributed by atoms with Crippen LogP contribution < -0.4 is 19.1 Å². The summed E-state index contributed by atoms with van der Waals surface area (Å²) in [5.74, 6) is 1.37. The van der Waals surface area contributed by atoms with Gasteiger partial charge in [-0.2, -0.15) is 0 Å². The highest BCUT2D eigenvalue weighted by Crippen LogP contribution is 2.40. The van der Waals surface area contributed by atoms with Crippen LogP contribution in [-0.2, 0) is 0 Å². The second-order valence-electron chi connectivity index (χ2n) is 7.69. The molecular weight excluding hydrogens is 530 g/mol. The lowest BCUT2D eigenvalue weighted by Gasteiger charge is -2.25. The zero-order valence-corrected chi connectivity index (χ0v) is 23.5. The fourth-order valence-corrected chi connectivity index (χ4v) is 5.28. The summed E-state index contributed by atoms with van der Waals surface area (Å²) in [6.07, 6.45) is 0. The molecule has 0 unspecified atom stereocenters. The maximum absolute atomic E-state index is 14.0. The van der Waals surface area contributed by atoms with Crippen LogP contribution in [0.5, 0.6) is 17.2 Å². The summed E-state index contributed by atoms with van der Waals surface area (Å²) in [7, 11) is 0. The van der Waals surface area contributed by atoms with Crippen molar-refractivity contribution in [3.63, 3.8) is 0 Å². The summed E-state index contributed by atoms with van der Waals surface area (Å²) in [6.45, 7) is 14.4. The molecule has 0 aliphatic rings. The van der Waals surface area contributed by atoms with Crippen molar-refractivity contribution in [1.29, 1.82) is 0 Å². The maximum atomic E-state index is 14.0. The summed E-state index contributed by atoms with van der Waals surface area (Å²) >= 11 is 5.04. The van der Waals surface area contributed by atoms with Crippen LogP contribution in [0, 0.1) is 0 Å². The Labute approximate surface area is 220 Å². The highest BCUT2D eigenvalue weighted by molar-refractivity contribution is 9.10. The summed E-state index contributed by atoms with van der Waals surface area (Å²) < 4.78 is 19.5. The van der Waals surface area contributed by atoms with Crippen molar-refractivity contribution in [3.8, 4) is 17.2 Å². The molecule has 9 heteroatoms. The number of likely N-dealkylation sites (N-methyl/N-ethyl adjacent to an activating group) is 1. The van der Waals surface area contributed by atoms with Gasteiger partial charge in [-0.15, -0.1) is 0 Å². The molecule has 190 valence electrons. The van der Waals surface area contributed by atoms with E-state index < -0.39 is 0 Å². The number of ether oxygens (including phenoxy) is 3. The molecule has 0 fully saturated rings. The largest absolute Gasteiger partial charge is 0.490 e. The molecule has 0 bridgehead atoms. The summed E-state index contributed by atoms with van der Waals surface area (Å²) in [5, 5.41) is 0.667. The zero-order chi connectivity index (χ0) is 25.4. The first-order chi connectivity index (χ1) is 16.9. The minimum Gasteiger partial charge on any atom is -0.490 e. The first-order valence-electron chi connectivity index (χ1n) is 12.1. The quantitative estimate of drug-likeness (QED) is 0.245. The van der Waals surface area contributed by atoms with Gasteiger partial charge in [0.25, 0.3) is 5.91 Å². The van der Waals surface area contributed by atoms with Crippen molar-refractivity contribution in [2.45, 2.75) is 34.6 Å². The number of amides is 1. The Balaban J connectivity index is 2.06. The Bertz CT molecular complexity index is 1110. The van der Waals surface area contributed by atoms with Gasteiger partial charge in [0, 0.05) is 23.1 Å². The van der Waals surface area contributed by atoms with Gasteiger partial charge in [0.2, 0.25) is 5.75 Å². The molecule has 0 saturated carbocycles. The molecule has 2 aromatic carbocycles. The first kappa shape index (κ1) is 27.2. The molecule has 1 heterocycles. The summed E-state index contributed by atoms with van der Waals surface area (Å²) in [4.78, 5) is 22.8. The molecular formula is C26H34BrN3O4S. The van der Waals surface area contributed by atoms with Gasteiger partial charge in [0.1, 0.15) is 0 Å². The fraction of sp³-hybridized carbons (Fsp3) is 0.462. The van der Waals surface area contributed by atoms with Crippen LogP contribution in [-0.4, -0.2) is 61.8 Å². The third-order valence-electron chi connectivity index (χ3n) is 5.51. The Morgan fingerprint density at radius 2 is 1.54 bits per heavy atom. The Hall–Kier alpha value is -2.36. The van der Waals surface area contributed by atoms with Crippen molar-refractivity contribution >= 4 is 48.5 Å². The van der Waals surface area contributed by atoms with Crippen molar-refractivity contribution in [1.82, 2.24) is 9.88 Å². The number of benzene rings is 2. The Morgan fingerprint density at radius 1 is 0.914 bits per heavy atom. The number of nitrogens with zero attached hydrogens (tertiary/aromatic N) is 3. The van der Waals surface area contributed by atoms with E-state index >= 15 is 0 Å². The molecule has 3 aromatic rings. The van der Waals surface area contributed by atoms with E-state index in [0.717, 1.165) is 34.3 Å². The number of thiazole rings is 1. The molecule has 0 aliphatic carbocycles. The predicted molar refractivity (Wildman–Crippen MR) is 147 cm³/mol. The van der Waals surface area contributed by atoms with E-state index in [9.17, 15) is 4.79 Å². The lowest BCUT2D eigenvalue weighted by molar-refractivity contribution is 0.0982. The maximum Gasteiger partial charge on any atom is 0.260 e. The molecule has 1 amide bonds. The topological polar surface area (TPSA) is 64.1 Å². The highest BCUT2D eigenvalue weighted by Gasteiger charge is 2.25. The average molecular weight is 565 g/mol. The SMILES string of the molecule is CCOc1cc(C(=O)N(CCN(CC)CC)c2nc3ccc(Br)cc3s2)cc(OCC)c1OCC. The van der Waals surface area contributed by atoms with Crippen molar-refractivity contribution in [2.24, 2.45) is 0 Å². The van der Waals surface area contributed by atoms with Gasteiger partial charge in [-0.1, -0.05) is 41.1 Å². The monoisotopic (exact) mass is 563 g/mol. The van der Waals surface area contributed by atoms with E-state index in [1.807, 2.05) is 39.0 Å². The number of hydrogen-bond acceptors (Lipinski definition) is 7. The smallest absolute Gasteiger partial charge is 0.260 e. The number of rotatable bonds is 13. The molecule has 0 radical (unpaired) electrons. The lowest BCUT2D eigenvalue weighted by atomic mass is 10.1. The van der Waals surface area contributed by atoms with Crippen molar-refractivity contribution in [2.75, 3.05) is 50.9 Å². The van der Waals surface area contributed by atoms with Crippen LogP contribution in [0.15, 0.2) is 34.8 Å². The average Bonchev–Trinajstić information content (AvgIpc) is 3.26. The third kappa shape index (κ3) is 6.65. The summed E-state index contributed by atoms with van der Waals surface area (Å²) in [5.41, 5.74) is 1.34. The van der Waals surface area contributed by atoms with E-state index in [4.69, 9.17) is 19.2 Å². The molecule has 0 N–H and O–H groups in total. The second-order valence-corrected chi connectivity index (χ2v) is 9.62. The first-order valence-corrected chi connectivity index (χ1v) is 13.7. The molecule has 3 rings (SSSR count).